The second kappa shape index (κ2) is 5.63. The van der Waals surface area contributed by atoms with Gasteiger partial charge in [0, 0.05) is 19.0 Å². The molecule has 0 heterocycles. The van der Waals surface area contributed by atoms with Crippen LogP contribution < -0.4 is 0 Å². The Labute approximate surface area is 97.5 Å². The Morgan fingerprint density at radius 2 is 1.88 bits per heavy atom. The van der Waals surface area contributed by atoms with Gasteiger partial charge in [-0.05, 0) is 26.7 Å². The number of aliphatic carboxylic acids is 1. The van der Waals surface area contributed by atoms with Crippen LogP contribution in [0, 0.1) is 0 Å². The summed E-state index contributed by atoms with van der Waals surface area (Å²) in [4.78, 5) is 10.3. The number of carboxylic acid groups (broad SMARTS) is 1. The van der Waals surface area contributed by atoms with Gasteiger partial charge in [-0.2, -0.15) is 4.31 Å². The Hall–Kier alpha value is -0.620. The van der Waals surface area contributed by atoms with E-state index < -0.39 is 21.5 Å². The number of carboxylic acids is 1. The van der Waals surface area contributed by atoms with Crippen molar-refractivity contribution in [3.8, 4) is 0 Å². The predicted molar refractivity (Wildman–Crippen MR) is 62.8 cm³/mol. The average Bonchev–Trinajstić information content (AvgIpc) is 2.15. The van der Waals surface area contributed by atoms with Crippen molar-refractivity contribution in [2.75, 3.05) is 12.8 Å². The second-order valence-electron chi connectivity index (χ2n) is 4.45. The summed E-state index contributed by atoms with van der Waals surface area (Å²) in [7, 11) is -1.81. The minimum absolute atomic E-state index is 0.111. The molecule has 5 nitrogen and oxygen atoms in total. The highest BCUT2D eigenvalue weighted by molar-refractivity contribution is 7.89. The van der Waals surface area contributed by atoms with Crippen molar-refractivity contribution in [2.24, 2.45) is 0 Å². The third kappa shape index (κ3) is 4.49. The molecule has 0 fully saturated rings. The van der Waals surface area contributed by atoms with E-state index in [1.807, 2.05) is 20.8 Å². The topological polar surface area (TPSA) is 74.7 Å². The lowest BCUT2D eigenvalue weighted by Crippen LogP contribution is -2.45. The lowest BCUT2D eigenvalue weighted by atomic mass is 10.0. The van der Waals surface area contributed by atoms with Crippen LogP contribution in [0.25, 0.3) is 0 Å². The second-order valence-corrected chi connectivity index (χ2v) is 6.57. The van der Waals surface area contributed by atoms with E-state index in [0.29, 0.717) is 6.42 Å². The highest BCUT2D eigenvalue weighted by atomic mass is 32.2. The summed E-state index contributed by atoms with van der Waals surface area (Å²) < 4.78 is 25.0. The molecule has 0 aliphatic heterocycles. The summed E-state index contributed by atoms with van der Waals surface area (Å²) >= 11 is 0. The number of nitrogens with zero attached hydrogens (tertiary/aromatic N) is 1. The maximum Gasteiger partial charge on any atom is 0.303 e. The number of rotatable bonds is 7. The lowest BCUT2D eigenvalue weighted by Gasteiger charge is -2.33. The molecule has 0 aromatic heterocycles. The number of hydrogen-bond acceptors (Lipinski definition) is 3. The molecule has 0 unspecified atom stereocenters. The molecule has 0 saturated carbocycles. The van der Waals surface area contributed by atoms with E-state index in [9.17, 15) is 13.2 Å². The van der Waals surface area contributed by atoms with Crippen LogP contribution in [0.3, 0.4) is 0 Å². The normalized spacial score (nSPS) is 13.1. The van der Waals surface area contributed by atoms with Crippen LogP contribution >= 0.6 is 0 Å². The smallest absolute Gasteiger partial charge is 0.303 e. The predicted octanol–water partition coefficient (Wildman–Crippen LogP) is 1.30. The third-order valence-electron chi connectivity index (χ3n) is 2.93. The van der Waals surface area contributed by atoms with Crippen molar-refractivity contribution in [1.82, 2.24) is 4.31 Å². The average molecular weight is 251 g/mol. The van der Waals surface area contributed by atoms with E-state index in [0.717, 1.165) is 0 Å². The molecule has 16 heavy (non-hydrogen) atoms. The zero-order valence-corrected chi connectivity index (χ0v) is 11.2. The summed E-state index contributed by atoms with van der Waals surface area (Å²) in [6.45, 7) is 5.62. The molecule has 0 aliphatic carbocycles. The molecule has 1 N–H and O–H groups in total. The Morgan fingerprint density at radius 1 is 1.38 bits per heavy atom. The summed E-state index contributed by atoms with van der Waals surface area (Å²) in [5, 5.41) is 8.45. The number of sulfonamides is 1. The fourth-order valence-corrected chi connectivity index (χ4v) is 2.81. The molecular weight excluding hydrogens is 230 g/mol. The zero-order chi connectivity index (χ0) is 13.0. The van der Waals surface area contributed by atoms with Crippen LogP contribution in [0.2, 0.25) is 0 Å². The van der Waals surface area contributed by atoms with E-state index in [2.05, 4.69) is 0 Å². The van der Waals surface area contributed by atoms with Gasteiger partial charge >= 0.3 is 5.97 Å². The van der Waals surface area contributed by atoms with Gasteiger partial charge < -0.3 is 5.11 Å². The van der Waals surface area contributed by atoms with Gasteiger partial charge in [0.15, 0.2) is 0 Å². The third-order valence-corrected chi connectivity index (χ3v) is 5.06. The molecule has 0 spiro atoms. The Morgan fingerprint density at radius 3 is 2.25 bits per heavy atom. The maximum atomic E-state index is 11.9. The van der Waals surface area contributed by atoms with Gasteiger partial charge in [0.2, 0.25) is 10.0 Å². The van der Waals surface area contributed by atoms with Crippen LogP contribution in [-0.4, -0.2) is 42.1 Å². The fourth-order valence-electron chi connectivity index (χ4n) is 1.14. The van der Waals surface area contributed by atoms with E-state index in [-0.39, 0.29) is 18.6 Å². The van der Waals surface area contributed by atoms with Gasteiger partial charge in [-0.25, -0.2) is 8.42 Å². The number of carbonyl (C=O) groups is 1. The van der Waals surface area contributed by atoms with E-state index in [4.69, 9.17) is 5.11 Å². The van der Waals surface area contributed by atoms with Crippen molar-refractivity contribution in [3.05, 3.63) is 0 Å². The molecule has 0 bridgehead atoms. The van der Waals surface area contributed by atoms with E-state index >= 15 is 0 Å². The minimum Gasteiger partial charge on any atom is -0.481 e. The molecule has 0 radical (unpaired) electrons. The molecule has 0 aromatic carbocycles. The van der Waals surface area contributed by atoms with Crippen molar-refractivity contribution in [3.63, 3.8) is 0 Å². The minimum atomic E-state index is -3.36. The van der Waals surface area contributed by atoms with Gasteiger partial charge in [0.1, 0.15) is 0 Å². The Balaban J connectivity index is 4.50. The molecule has 0 atom stereocenters. The van der Waals surface area contributed by atoms with Gasteiger partial charge in [0.05, 0.1) is 5.75 Å². The van der Waals surface area contributed by atoms with Crippen LogP contribution in [-0.2, 0) is 14.8 Å². The fraction of sp³-hybridized carbons (Fsp3) is 0.900. The highest BCUT2D eigenvalue weighted by Gasteiger charge is 2.30. The van der Waals surface area contributed by atoms with Gasteiger partial charge in [0.25, 0.3) is 0 Å². The molecule has 96 valence electrons. The Bertz CT molecular complexity index is 335. The van der Waals surface area contributed by atoms with Crippen molar-refractivity contribution < 1.29 is 18.3 Å². The van der Waals surface area contributed by atoms with Crippen molar-refractivity contribution in [2.45, 2.75) is 45.6 Å². The highest BCUT2D eigenvalue weighted by Crippen LogP contribution is 2.20. The standard InChI is InChI=1S/C10H21NO4S/c1-5-10(2,3)11(4)16(14,15)8-6-7-9(12)13/h5-8H2,1-4H3,(H,12,13). The largest absolute Gasteiger partial charge is 0.481 e. The monoisotopic (exact) mass is 251 g/mol. The van der Waals surface area contributed by atoms with Crippen LogP contribution in [0.4, 0.5) is 0 Å². The van der Waals surface area contributed by atoms with Crippen molar-refractivity contribution in [1.29, 1.82) is 0 Å². The van der Waals surface area contributed by atoms with E-state index in [1.165, 1.54) is 4.31 Å². The molecule has 0 saturated heterocycles. The molecule has 6 heteroatoms. The molecular formula is C10H21NO4S. The summed E-state index contributed by atoms with van der Waals surface area (Å²) in [6.07, 6.45) is 0.753. The van der Waals surface area contributed by atoms with Gasteiger partial charge in [-0.15, -0.1) is 0 Å². The first-order valence-electron chi connectivity index (χ1n) is 5.32. The summed E-state index contributed by atoms with van der Waals surface area (Å²) in [5.41, 5.74) is -0.429. The quantitative estimate of drug-likeness (QED) is 0.740. The first-order chi connectivity index (χ1) is 7.13. The Kier molecular flexibility index (Phi) is 5.41. The van der Waals surface area contributed by atoms with Gasteiger partial charge in [-0.3, -0.25) is 4.79 Å². The number of hydrogen-bond donors (Lipinski definition) is 1. The molecule has 0 aliphatic rings. The first-order valence-corrected chi connectivity index (χ1v) is 6.93. The van der Waals surface area contributed by atoms with E-state index in [1.54, 1.807) is 7.05 Å². The molecule has 0 aromatic rings. The molecule has 0 amide bonds. The maximum absolute atomic E-state index is 11.9. The van der Waals surface area contributed by atoms with Crippen LogP contribution in [0.15, 0.2) is 0 Å². The van der Waals surface area contributed by atoms with Crippen LogP contribution in [0.5, 0.6) is 0 Å². The first kappa shape index (κ1) is 15.4. The lowest BCUT2D eigenvalue weighted by molar-refractivity contribution is -0.137. The van der Waals surface area contributed by atoms with Crippen LogP contribution in [0.1, 0.15) is 40.0 Å². The van der Waals surface area contributed by atoms with Gasteiger partial charge in [-0.1, -0.05) is 6.92 Å². The summed E-state index contributed by atoms with van der Waals surface area (Å²) in [5.74, 6) is -1.08. The SMILES string of the molecule is CCC(C)(C)N(C)S(=O)(=O)CCCC(=O)O. The molecule has 0 rings (SSSR count). The zero-order valence-electron chi connectivity index (χ0n) is 10.4. The summed E-state index contributed by atoms with van der Waals surface area (Å²) in [6, 6.07) is 0. The van der Waals surface area contributed by atoms with Crippen molar-refractivity contribution >= 4 is 16.0 Å².